The first-order valence-corrected chi connectivity index (χ1v) is 6.63. The fraction of sp³-hybridized carbons (Fsp3) is 0.357. The zero-order valence-corrected chi connectivity index (χ0v) is 12.0. The molecule has 0 spiro atoms. The predicted octanol–water partition coefficient (Wildman–Crippen LogP) is 2.50. The van der Waals surface area contributed by atoms with Gasteiger partial charge in [0, 0.05) is 0 Å². The van der Waals surface area contributed by atoms with Crippen LogP contribution in [0.5, 0.6) is 5.75 Å². The van der Waals surface area contributed by atoms with Gasteiger partial charge in [0.15, 0.2) is 0 Å². The summed E-state index contributed by atoms with van der Waals surface area (Å²) < 4.78 is 12.0. The number of rotatable bonds is 4. The van der Waals surface area contributed by atoms with Crippen LogP contribution in [0.25, 0.3) is 0 Å². The van der Waals surface area contributed by atoms with Crippen LogP contribution >= 0.6 is 0 Å². The number of hydrogen-bond donors (Lipinski definition) is 0. The average Bonchev–Trinajstić information content (AvgIpc) is 2.40. The molecule has 1 aromatic rings. The van der Waals surface area contributed by atoms with Crippen molar-refractivity contribution >= 4 is 10.3 Å². The summed E-state index contributed by atoms with van der Waals surface area (Å²) in [7, 11) is 4.03. The third-order valence-corrected chi connectivity index (χ3v) is 3.14. The van der Waals surface area contributed by atoms with Crippen molar-refractivity contribution in [2.45, 2.75) is 12.8 Å². The van der Waals surface area contributed by atoms with Gasteiger partial charge in [0.25, 0.3) is 0 Å². The number of nitrogens with zero attached hydrogens (tertiary/aromatic N) is 1. The van der Waals surface area contributed by atoms with Crippen LogP contribution in [-0.2, 0) is 20.6 Å². The summed E-state index contributed by atoms with van der Waals surface area (Å²) in [6, 6.07) is 7.96. The van der Waals surface area contributed by atoms with Crippen LogP contribution in [0.3, 0.4) is 0 Å². The fourth-order valence-electron chi connectivity index (χ4n) is 1.67. The Balaban J connectivity index is 2.00. The number of benzene rings is 1. The van der Waals surface area contributed by atoms with Crippen LogP contribution in [-0.4, -0.2) is 25.3 Å². The summed E-state index contributed by atoms with van der Waals surface area (Å²) in [5.74, 6) is 1.63. The van der Waals surface area contributed by atoms with E-state index in [-0.39, 0.29) is 0 Å². The molecule has 1 heterocycles. The number of ether oxygens (including phenoxy) is 2. The van der Waals surface area contributed by atoms with E-state index >= 15 is 0 Å². The van der Waals surface area contributed by atoms with Crippen molar-refractivity contribution in [3.8, 4) is 5.75 Å². The van der Waals surface area contributed by atoms with Crippen LogP contribution in [0.1, 0.15) is 12.8 Å². The van der Waals surface area contributed by atoms with Gasteiger partial charge in [-0.15, -0.1) is 0 Å². The second-order valence-electron chi connectivity index (χ2n) is 4.34. The zero-order chi connectivity index (χ0) is 13.0. The Morgan fingerprint density at radius 3 is 2.56 bits per heavy atom. The quantitative estimate of drug-likeness (QED) is 0.847. The van der Waals surface area contributed by atoms with Gasteiger partial charge in [-0.05, 0) is 0 Å². The van der Waals surface area contributed by atoms with E-state index in [1.54, 1.807) is 0 Å². The van der Waals surface area contributed by atoms with Crippen molar-refractivity contribution in [2.24, 2.45) is 0 Å². The molecule has 1 aliphatic heterocycles. The first kappa shape index (κ1) is 13.2. The predicted molar refractivity (Wildman–Crippen MR) is 69.7 cm³/mol. The Kier molecular flexibility index (Phi) is 4.46. The molecule has 0 atom stereocenters. The Morgan fingerprint density at radius 1 is 1.28 bits per heavy atom. The van der Waals surface area contributed by atoms with Gasteiger partial charge in [0.05, 0.1) is 0 Å². The Bertz CT molecular complexity index is 451. The van der Waals surface area contributed by atoms with E-state index in [1.165, 1.54) is 0 Å². The van der Waals surface area contributed by atoms with Crippen LogP contribution in [0.2, 0.25) is 0 Å². The summed E-state index contributed by atoms with van der Waals surface area (Å²) in [5.41, 5.74) is 1.15. The van der Waals surface area contributed by atoms with Crippen LogP contribution in [0.15, 0.2) is 36.1 Å². The standard InChI is InChI=1S/C14H17NO2.Cr/c1-15(2)12-6-8-13(9-7-12)17-11-14-5-3-4-10-16-14;/h5-9H,3-4,10H2,1-2H3;. The third kappa shape index (κ3) is 3.38. The molecular weight excluding hydrogens is 266 g/mol. The first-order valence-electron chi connectivity index (χ1n) is 5.99. The Morgan fingerprint density at radius 2 is 2.00 bits per heavy atom. The Labute approximate surface area is 116 Å². The molecule has 0 aliphatic carbocycles. The summed E-state index contributed by atoms with van der Waals surface area (Å²) >= 11 is 2.92. The van der Waals surface area contributed by atoms with Gasteiger partial charge in [-0.1, -0.05) is 0 Å². The summed E-state index contributed by atoms with van der Waals surface area (Å²) in [6.45, 7) is 0.764. The summed E-state index contributed by atoms with van der Waals surface area (Å²) in [5, 5.41) is 0. The molecule has 3 nitrogen and oxygen atoms in total. The monoisotopic (exact) mass is 283 g/mol. The maximum absolute atomic E-state index is 5.74. The van der Waals surface area contributed by atoms with Gasteiger partial charge in [-0.2, -0.15) is 0 Å². The van der Waals surface area contributed by atoms with E-state index in [1.807, 2.05) is 38.4 Å². The fourth-order valence-corrected chi connectivity index (χ4v) is 2.04. The van der Waals surface area contributed by atoms with Crippen LogP contribution in [0.4, 0.5) is 5.69 Å². The molecule has 0 radical (unpaired) electrons. The molecule has 2 rings (SSSR count). The molecule has 1 aromatic carbocycles. The third-order valence-electron chi connectivity index (χ3n) is 2.70. The number of allylic oxidation sites excluding steroid dienone is 1. The second kappa shape index (κ2) is 6.08. The summed E-state index contributed by atoms with van der Waals surface area (Å²) in [4.78, 5) is 2.05. The molecule has 0 amide bonds. The molecule has 18 heavy (non-hydrogen) atoms. The van der Waals surface area contributed by atoms with Crippen molar-refractivity contribution in [3.63, 3.8) is 0 Å². The number of anilines is 1. The zero-order valence-electron chi connectivity index (χ0n) is 10.7. The van der Waals surface area contributed by atoms with E-state index < -0.39 is 0 Å². The van der Waals surface area contributed by atoms with Crippen molar-refractivity contribution in [1.29, 1.82) is 0 Å². The van der Waals surface area contributed by atoms with Gasteiger partial charge < -0.3 is 0 Å². The molecule has 0 bridgehead atoms. The molecule has 0 saturated carbocycles. The summed E-state index contributed by atoms with van der Waals surface area (Å²) in [6.07, 6.45) is 4.18. The van der Waals surface area contributed by atoms with Crippen LogP contribution in [0, 0.1) is 0 Å². The number of hydrogen-bond acceptors (Lipinski definition) is 3. The van der Waals surface area contributed by atoms with Gasteiger partial charge in [-0.25, -0.2) is 0 Å². The van der Waals surface area contributed by atoms with Crippen molar-refractivity contribution in [2.75, 3.05) is 25.6 Å². The molecule has 0 aromatic heterocycles. The molecule has 1 aliphatic rings. The van der Waals surface area contributed by atoms with Crippen molar-refractivity contribution < 1.29 is 25.3 Å². The molecule has 96 valence electrons. The minimum atomic E-state index is 0.701. The molecule has 4 heteroatoms. The molecule has 0 unspecified atom stereocenters. The van der Waals surface area contributed by atoms with Crippen molar-refractivity contribution in [3.05, 3.63) is 36.1 Å². The molecular formula is C14H17CrNO2. The maximum atomic E-state index is 5.74. The van der Waals surface area contributed by atoms with E-state index in [4.69, 9.17) is 9.47 Å². The average molecular weight is 283 g/mol. The molecule has 0 fully saturated rings. The van der Waals surface area contributed by atoms with E-state index in [2.05, 4.69) is 26.8 Å². The SMILES string of the molecule is CN(C)c1ccc(O[C](=[Cr])C2=CCCCO2)cc1. The topological polar surface area (TPSA) is 21.7 Å². The van der Waals surface area contributed by atoms with Gasteiger partial charge in [-0.3, -0.25) is 0 Å². The van der Waals surface area contributed by atoms with Gasteiger partial charge in [0.1, 0.15) is 0 Å². The first-order chi connectivity index (χ1) is 8.66. The van der Waals surface area contributed by atoms with E-state index in [0.29, 0.717) is 4.57 Å². The molecule has 0 saturated heterocycles. The minimum absolute atomic E-state index is 0.701. The van der Waals surface area contributed by atoms with Crippen LogP contribution < -0.4 is 9.64 Å². The van der Waals surface area contributed by atoms with Gasteiger partial charge >= 0.3 is 116 Å². The van der Waals surface area contributed by atoms with E-state index in [9.17, 15) is 0 Å². The second-order valence-corrected chi connectivity index (χ2v) is 4.92. The Hall–Kier alpha value is -1.24. The van der Waals surface area contributed by atoms with E-state index in [0.717, 1.165) is 36.6 Å². The van der Waals surface area contributed by atoms with Gasteiger partial charge in [0.2, 0.25) is 0 Å². The van der Waals surface area contributed by atoms with Crippen molar-refractivity contribution in [1.82, 2.24) is 0 Å². The normalized spacial score (nSPS) is 14.4. The molecule has 0 N–H and O–H groups in total.